The maximum absolute atomic E-state index is 5.83. The summed E-state index contributed by atoms with van der Waals surface area (Å²) in [4.78, 5) is 0. The molecule has 3 heteroatoms. The molecule has 22 heavy (non-hydrogen) atoms. The van der Waals surface area contributed by atoms with Crippen LogP contribution in [0.1, 0.15) is 6.42 Å². The van der Waals surface area contributed by atoms with E-state index in [1.54, 1.807) is 0 Å². The number of halogens is 1. The fourth-order valence-corrected chi connectivity index (χ4v) is 2.77. The Morgan fingerprint density at radius 3 is 2.50 bits per heavy atom. The first-order chi connectivity index (χ1) is 10.8. The normalized spacial score (nSPS) is 10.6. The summed E-state index contributed by atoms with van der Waals surface area (Å²) in [5, 5.41) is 5.86. The third kappa shape index (κ3) is 3.80. The third-order valence-electron chi connectivity index (χ3n) is 3.50. The largest absolute Gasteiger partial charge is 0.494 e. The monoisotopic (exact) mass is 355 g/mol. The Morgan fingerprint density at radius 2 is 1.64 bits per heavy atom. The van der Waals surface area contributed by atoms with E-state index >= 15 is 0 Å². The Kier molecular flexibility index (Phi) is 4.96. The van der Waals surface area contributed by atoms with Crippen LogP contribution in [0.2, 0.25) is 0 Å². The summed E-state index contributed by atoms with van der Waals surface area (Å²) < 4.78 is 6.92. The van der Waals surface area contributed by atoms with Gasteiger partial charge in [0.25, 0.3) is 0 Å². The molecule has 0 aliphatic rings. The summed E-state index contributed by atoms with van der Waals surface area (Å²) in [6, 6.07) is 22.7. The smallest absolute Gasteiger partial charge is 0.119 e. The standard InChI is InChI=1S/C19H18BrNO/c20-18-8-3-4-9-19(18)21-12-5-13-22-17-11-10-15-6-1-2-7-16(15)14-17/h1-4,6-11,14,21H,5,12-13H2. The maximum atomic E-state index is 5.83. The van der Waals surface area contributed by atoms with Crippen LogP contribution in [-0.2, 0) is 0 Å². The number of para-hydroxylation sites is 1. The summed E-state index contributed by atoms with van der Waals surface area (Å²) in [7, 11) is 0. The van der Waals surface area contributed by atoms with Crippen LogP contribution in [0, 0.1) is 0 Å². The topological polar surface area (TPSA) is 21.3 Å². The summed E-state index contributed by atoms with van der Waals surface area (Å²) in [6.07, 6.45) is 0.953. The van der Waals surface area contributed by atoms with E-state index in [0.29, 0.717) is 6.61 Å². The highest BCUT2D eigenvalue weighted by Gasteiger charge is 1.99. The van der Waals surface area contributed by atoms with Gasteiger partial charge in [-0.25, -0.2) is 0 Å². The van der Waals surface area contributed by atoms with Gasteiger partial charge in [-0.3, -0.25) is 0 Å². The number of hydrogen-bond donors (Lipinski definition) is 1. The number of nitrogens with one attached hydrogen (secondary N) is 1. The minimum atomic E-state index is 0.704. The SMILES string of the molecule is Brc1ccccc1NCCCOc1ccc2ccccc2c1. The van der Waals surface area contributed by atoms with Crippen molar-refractivity contribution in [2.45, 2.75) is 6.42 Å². The molecule has 3 aromatic carbocycles. The molecule has 1 N–H and O–H groups in total. The summed E-state index contributed by atoms with van der Waals surface area (Å²) in [6.45, 7) is 1.59. The molecule has 0 amide bonds. The van der Waals surface area contributed by atoms with Crippen LogP contribution in [0.4, 0.5) is 5.69 Å². The lowest BCUT2D eigenvalue weighted by atomic mass is 10.1. The van der Waals surface area contributed by atoms with Gasteiger partial charge < -0.3 is 10.1 Å². The zero-order chi connectivity index (χ0) is 15.2. The molecule has 0 unspecified atom stereocenters. The Labute approximate surface area is 139 Å². The van der Waals surface area contributed by atoms with E-state index < -0.39 is 0 Å². The molecule has 0 saturated carbocycles. The predicted molar refractivity (Wildman–Crippen MR) is 96.7 cm³/mol. The lowest BCUT2D eigenvalue weighted by molar-refractivity contribution is 0.315. The van der Waals surface area contributed by atoms with E-state index in [1.165, 1.54) is 10.8 Å². The Bertz CT molecular complexity index is 757. The van der Waals surface area contributed by atoms with Gasteiger partial charge in [0, 0.05) is 16.7 Å². The highest BCUT2D eigenvalue weighted by atomic mass is 79.9. The number of fused-ring (bicyclic) bond motifs is 1. The van der Waals surface area contributed by atoms with Crippen molar-refractivity contribution >= 4 is 32.4 Å². The van der Waals surface area contributed by atoms with E-state index in [2.05, 4.69) is 57.6 Å². The molecule has 3 aromatic rings. The van der Waals surface area contributed by atoms with Crippen LogP contribution >= 0.6 is 15.9 Å². The van der Waals surface area contributed by atoms with Gasteiger partial charge in [0.15, 0.2) is 0 Å². The minimum absolute atomic E-state index is 0.704. The number of anilines is 1. The van der Waals surface area contributed by atoms with Crippen molar-refractivity contribution in [3.8, 4) is 5.75 Å². The van der Waals surface area contributed by atoms with Gasteiger partial charge in [-0.2, -0.15) is 0 Å². The van der Waals surface area contributed by atoms with Gasteiger partial charge in [0.1, 0.15) is 5.75 Å². The Morgan fingerprint density at radius 1 is 0.864 bits per heavy atom. The molecule has 0 radical (unpaired) electrons. The van der Waals surface area contributed by atoms with Crippen molar-refractivity contribution in [3.63, 3.8) is 0 Å². The summed E-state index contributed by atoms with van der Waals surface area (Å²) >= 11 is 3.53. The van der Waals surface area contributed by atoms with Crippen LogP contribution in [-0.4, -0.2) is 13.2 Å². The molecule has 112 valence electrons. The van der Waals surface area contributed by atoms with E-state index in [0.717, 1.165) is 28.9 Å². The first-order valence-corrected chi connectivity index (χ1v) is 8.22. The summed E-state index contributed by atoms with van der Waals surface area (Å²) in [5.41, 5.74) is 1.12. The average Bonchev–Trinajstić information content (AvgIpc) is 2.56. The molecule has 0 heterocycles. The lowest BCUT2D eigenvalue weighted by Crippen LogP contribution is -2.07. The molecular weight excluding hydrogens is 338 g/mol. The zero-order valence-corrected chi connectivity index (χ0v) is 13.8. The van der Waals surface area contributed by atoms with Crippen LogP contribution < -0.4 is 10.1 Å². The molecule has 0 spiro atoms. The molecule has 3 rings (SSSR count). The number of rotatable bonds is 6. The molecule has 0 aliphatic heterocycles. The quantitative estimate of drug-likeness (QED) is 0.590. The fraction of sp³-hybridized carbons (Fsp3) is 0.158. The minimum Gasteiger partial charge on any atom is -0.494 e. The van der Waals surface area contributed by atoms with Crippen molar-refractivity contribution in [1.29, 1.82) is 0 Å². The lowest BCUT2D eigenvalue weighted by Gasteiger charge is -2.10. The Balaban J connectivity index is 1.47. The van der Waals surface area contributed by atoms with Crippen molar-refractivity contribution in [3.05, 3.63) is 71.2 Å². The molecule has 0 saturated heterocycles. The van der Waals surface area contributed by atoms with Gasteiger partial charge in [-0.1, -0.05) is 42.5 Å². The number of benzene rings is 3. The third-order valence-corrected chi connectivity index (χ3v) is 4.19. The maximum Gasteiger partial charge on any atom is 0.119 e. The molecule has 0 fully saturated rings. The number of hydrogen-bond acceptors (Lipinski definition) is 2. The van der Waals surface area contributed by atoms with E-state index in [4.69, 9.17) is 4.74 Å². The molecule has 0 atom stereocenters. The van der Waals surface area contributed by atoms with Crippen LogP contribution in [0.5, 0.6) is 5.75 Å². The van der Waals surface area contributed by atoms with Crippen molar-refractivity contribution in [2.75, 3.05) is 18.5 Å². The highest BCUT2D eigenvalue weighted by molar-refractivity contribution is 9.10. The molecule has 2 nitrogen and oxygen atoms in total. The van der Waals surface area contributed by atoms with Crippen molar-refractivity contribution < 1.29 is 4.74 Å². The van der Waals surface area contributed by atoms with Gasteiger partial charge in [-0.05, 0) is 57.4 Å². The second-order valence-electron chi connectivity index (χ2n) is 5.12. The first-order valence-electron chi connectivity index (χ1n) is 7.43. The Hall–Kier alpha value is -2.00. The van der Waals surface area contributed by atoms with Crippen LogP contribution in [0.3, 0.4) is 0 Å². The van der Waals surface area contributed by atoms with Crippen molar-refractivity contribution in [1.82, 2.24) is 0 Å². The van der Waals surface area contributed by atoms with E-state index in [-0.39, 0.29) is 0 Å². The van der Waals surface area contributed by atoms with Crippen LogP contribution in [0.25, 0.3) is 10.8 Å². The van der Waals surface area contributed by atoms with Crippen molar-refractivity contribution in [2.24, 2.45) is 0 Å². The molecular formula is C19H18BrNO. The summed E-state index contributed by atoms with van der Waals surface area (Å²) in [5.74, 6) is 0.930. The number of ether oxygens (including phenoxy) is 1. The van der Waals surface area contributed by atoms with Crippen LogP contribution in [0.15, 0.2) is 71.2 Å². The van der Waals surface area contributed by atoms with Gasteiger partial charge in [-0.15, -0.1) is 0 Å². The second-order valence-corrected chi connectivity index (χ2v) is 5.97. The van der Waals surface area contributed by atoms with E-state index in [9.17, 15) is 0 Å². The molecule has 0 aromatic heterocycles. The van der Waals surface area contributed by atoms with Gasteiger partial charge >= 0.3 is 0 Å². The van der Waals surface area contributed by atoms with E-state index in [1.807, 2.05) is 30.3 Å². The predicted octanol–water partition coefficient (Wildman–Crippen LogP) is 5.48. The highest BCUT2D eigenvalue weighted by Crippen LogP contribution is 2.22. The zero-order valence-electron chi connectivity index (χ0n) is 12.3. The second kappa shape index (κ2) is 7.32. The van der Waals surface area contributed by atoms with Gasteiger partial charge in [0.05, 0.1) is 6.61 Å². The average molecular weight is 356 g/mol. The molecule has 0 bridgehead atoms. The molecule has 0 aliphatic carbocycles. The van der Waals surface area contributed by atoms with Gasteiger partial charge in [0.2, 0.25) is 0 Å². The first kappa shape index (κ1) is 14.9. The fourth-order valence-electron chi connectivity index (χ4n) is 2.35.